The van der Waals surface area contributed by atoms with Crippen LogP contribution in [0.15, 0.2) is 23.0 Å². The van der Waals surface area contributed by atoms with Crippen molar-refractivity contribution in [1.29, 1.82) is 0 Å². The molecule has 0 aliphatic heterocycles. The summed E-state index contributed by atoms with van der Waals surface area (Å²) in [5.41, 5.74) is 1.90. The highest BCUT2D eigenvalue weighted by molar-refractivity contribution is 7.15. The standard InChI is InChI=1S/C14H16N6O2S/c1-2-3-12-19-20-14(23-12)18-11(21)7-15-8-4-5-9-10(6-8)17-13(22)16-9/h4-6,15H,2-3,7H2,1H3,(H2,16,17,22)(H,18,20,21). The van der Waals surface area contributed by atoms with Gasteiger partial charge in [0.05, 0.1) is 17.6 Å². The molecule has 2 aromatic heterocycles. The lowest BCUT2D eigenvalue weighted by molar-refractivity contribution is -0.114. The normalized spacial score (nSPS) is 10.8. The Hall–Kier alpha value is -2.68. The molecule has 0 spiro atoms. The Balaban J connectivity index is 1.57. The summed E-state index contributed by atoms with van der Waals surface area (Å²) in [6.07, 6.45) is 1.86. The Morgan fingerprint density at radius 1 is 1.26 bits per heavy atom. The van der Waals surface area contributed by atoms with Gasteiger partial charge in [-0.05, 0) is 24.6 Å². The molecule has 23 heavy (non-hydrogen) atoms. The van der Waals surface area contributed by atoms with E-state index in [0.717, 1.165) is 29.1 Å². The second-order valence-corrected chi connectivity index (χ2v) is 6.05. The summed E-state index contributed by atoms with van der Waals surface area (Å²) in [6.45, 7) is 2.17. The first kappa shape index (κ1) is 15.2. The third-order valence-corrected chi connectivity index (χ3v) is 4.04. The Bertz CT molecular complexity index is 881. The fraction of sp³-hybridized carbons (Fsp3) is 0.286. The molecule has 9 heteroatoms. The van der Waals surface area contributed by atoms with Crippen molar-refractivity contribution in [1.82, 2.24) is 20.2 Å². The predicted octanol–water partition coefficient (Wildman–Crippen LogP) is 1.71. The molecule has 8 nitrogen and oxygen atoms in total. The SMILES string of the molecule is CCCc1nnc(NC(=O)CNc2ccc3[nH]c(=O)[nH]c3c2)s1. The van der Waals surface area contributed by atoms with Gasteiger partial charge in [-0.1, -0.05) is 18.3 Å². The van der Waals surface area contributed by atoms with Crippen molar-refractivity contribution in [3.8, 4) is 0 Å². The van der Waals surface area contributed by atoms with Gasteiger partial charge in [-0.15, -0.1) is 10.2 Å². The molecule has 3 aromatic rings. The van der Waals surface area contributed by atoms with Crippen LogP contribution >= 0.6 is 11.3 Å². The molecule has 0 aliphatic rings. The van der Waals surface area contributed by atoms with E-state index in [4.69, 9.17) is 0 Å². The van der Waals surface area contributed by atoms with Crippen molar-refractivity contribution in [2.45, 2.75) is 19.8 Å². The number of aromatic nitrogens is 4. The van der Waals surface area contributed by atoms with Crippen LogP contribution in [0, 0.1) is 0 Å². The number of rotatable bonds is 6. The highest BCUT2D eigenvalue weighted by atomic mass is 32.1. The van der Waals surface area contributed by atoms with Crippen molar-refractivity contribution in [3.05, 3.63) is 33.7 Å². The van der Waals surface area contributed by atoms with Crippen LogP contribution < -0.4 is 16.3 Å². The van der Waals surface area contributed by atoms with Crippen LogP contribution in [0.1, 0.15) is 18.4 Å². The van der Waals surface area contributed by atoms with Gasteiger partial charge in [0.15, 0.2) is 0 Å². The topological polar surface area (TPSA) is 116 Å². The van der Waals surface area contributed by atoms with E-state index < -0.39 is 0 Å². The number of fused-ring (bicyclic) bond motifs is 1. The van der Waals surface area contributed by atoms with E-state index in [2.05, 4.69) is 37.7 Å². The number of hydrogen-bond acceptors (Lipinski definition) is 6. The molecule has 0 bridgehead atoms. The Morgan fingerprint density at radius 2 is 2.09 bits per heavy atom. The molecule has 0 saturated heterocycles. The molecular weight excluding hydrogens is 316 g/mol. The molecule has 0 unspecified atom stereocenters. The largest absolute Gasteiger partial charge is 0.376 e. The first-order valence-electron chi connectivity index (χ1n) is 7.22. The van der Waals surface area contributed by atoms with E-state index in [1.807, 2.05) is 0 Å². The predicted molar refractivity (Wildman–Crippen MR) is 89.9 cm³/mol. The van der Waals surface area contributed by atoms with Crippen LogP contribution in [0.25, 0.3) is 11.0 Å². The number of anilines is 2. The lowest BCUT2D eigenvalue weighted by Gasteiger charge is -2.05. The van der Waals surface area contributed by atoms with Gasteiger partial charge in [-0.2, -0.15) is 0 Å². The van der Waals surface area contributed by atoms with Crippen LogP contribution in [0.4, 0.5) is 10.8 Å². The third kappa shape index (κ3) is 3.75. The van der Waals surface area contributed by atoms with Crippen LogP contribution in [0.5, 0.6) is 0 Å². The maximum atomic E-state index is 11.9. The number of benzene rings is 1. The number of aryl methyl sites for hydroxylation is 1. The van der Waals surface area contributed by atoms with E-state index in [1.165, 1.54) is 11.3 Å². The number of H-pyrrole nitrogens is 2. The molecule has 0 radical (unpaired) electrons. The minimum atomic E-state index is -0.256. The first-order chi connectivity index (χ1) is 11.1. The lowest BCUT2D eigenvalue weighted by Crippen LogP contribution is -2.21. The molecule has 0 saturated carbocycles. The minimum absolute atomic E-state index is 0.100. The summed E-state index contributed by atoms with van der Waals surface area (Å²) in [5.74, 6) is -0.202. The first-order valence-corrected chi connectivity index (χ1v) is 8.04. The Kier molecular flexibility index (Phi) is 4.38. The summed E-state index contributed by atoms with van der Waals surface area (Å²) in [7, 11) is 0. The molecule has 4 N–H and O–H groups in total. The summed E-state index contributed by atoms with van der Waals surface area (Å²) >= 11 is 1.39. The summed E-state index contributed by atoms with van der Waals surface area (Å²) in [4.78, 5) is 28.5. The van der Waals surface area contributed by atoms with Crippen LogP contribution in [-0.4, -0.2) is 32.6 Å². The van der Waals surface area contributed by atoms with Crippen molar-refractivity contribution >= 4 is 39.1 Å². The molecule has 0 aliphatic carbocycles. The van der Waals surface area contributed by atoms with Gasteiger partial charge in [0.1, 0.15) is 5.01 Å². The van der Waals surface area contributed by atoms with Gasteiger partial charge in [-0.3, -0.25) is 10.1 Å². The summed E-state index contributed by atoms with van der Waals surface area (Å²) in [6, 6.07) is 5.34. The van der Waals surface area contributed by atoms with Gasteiger partial charge in [0, 0.05) is 12.1 Å². The summed E-state index contributed by atoms with van der Waals surface area (Å²) < 4.78 is 0. The van der Waals surface area contributed by atoms with Crippen LogP contribution in [-0.2, 0) is 11.2 Å². The fourth-order valence-corrected chi connectivity index (χ4v) is 2.96. The highest BCUT2D eigenvalue weighted by Crippen LogP contribution is 2.17. The zero-order valence-electron chi connectivity index (χ0n) is 12.5. The van der Waals surface area contributed by atoms with E-state index in [1.54, 1.807) is 18.2 Å². The third-order valence-electron chi connectivity index (χ3n) is 3.15. The number of amides is 1. The van der Waals surface area contributed by atoms with Crippen molar-refractivity contribution in [3.63, 3.8) is 0 Å². The zero-order chi connectivity index (χ0) is 16.2. The maximum Gasteiger partial charge on any atom is 0.323 e. The van der Waals surface area contributed by atoms with Gasteiger partial charge < -0.3 is 15.3 Å². The van der Waals surface area contributed by atoms with Crippen LogP contribution in [0.2, 0.25) is 0 Å². The van der Waals surface area contributed by atoms with E-state index in [0.29, 0.717) is 10.6 Å². The molecule has 0 atom stereocenters. The van der Waals surface area contributed by atoms with E-state index in [9.17, 15) is 9.59 Å². The number of aromatic amines is 2. The quantitative estimate of drug-likeness (QED) is 0.548. The van der Waals surface area contributed by atoms with Crippen molar-refractivity contribution in [2.75, 3.05) is 17.2 Å². The average Bonchev–Trinajstić information content (AvgIpc) is 3.10. The fourth-order valence-electron chi connectivity index (χ4n) is 2.11. The van der Waals surface area contributed by atoms with Crippen molar-refractivity contribution < 1.29 is 4.79 Å². The highest BCUT2D eigenvalue weighted by Gasteiger charge is 2.08. The Morgan fingerprint density at radius 3 is 2.91 bits per heavy atom. The maximum absolute atomic E-state index is 11.9. The molecule has 0 fully saturated rings. The number of imidazole rings is 1. The van der Waals surface area contributed by atoms with E-state index >= 15 is 0 Å². The minimum Gasteiger partial charge on any atom is -0.376 e. The monoisotopic (exact) mass is 332 g/mol. The van der Waals surface area contributed by atoms with Crippen LogP contribution in [0.3, 0.4) is 0 Å². The Labute approximate surface area is 135 Å². The molecule has 1 aromatic carbocycles. The van der Waals surface area contributed by atoms with Gasteiger partial charge >= 0.3 is 5.69 Å². The number of nitrogens with zero attached hydrogens (tertiary/aromatic N) is 2. The molecule has 1 amide bonds. The zero-order valence-corrected chi connectivity index (χ0v) is 13.3. The molecular formula is C14H16N6O2S. The summed E-state index contributed by atoms with van der Waals surface area (Å²) in [5, 5.41) is 15.1. The molecule has 120 valence electrons. The van der Waals surface area contributed by atoms with Crippen molar-refractivity contribution in [2.24, 2.45) is 0 Å². The second kappa shape index (κ2) is 6.61. The lowest BCUT2D eigenvalue weighted by atomic mass is 10.3. The molecule has 3 rings (SSSR count). The second-order valence-electron chi connectivity index (χ2n) is 4.99. The number of carbonyl (C=O) groups excluding carboxylic acids is 1. The number of hydrogen-bond donors (Lipinski definition) is 4. The number of carbonyl (C=O) groups is 1. The van der Waals surface area contributed by atoms with Gasteiger partial charge in [-0.25, -0.2) is 4.79 Å². The van der Waals surface area contributed by atoms with Gasteiger partial charge in [0.25, 0.3) is 0 Å². The number of nitrogens with one attached hydrogen (secondary N) is 4. The smallest absolute Gasteiger partial charge is 0.323 e. The van der Waals surface area contributed by atoms with E-state index in [-0.39, 0.29) is 18.1 Å². The molecule has 2 heterocycles. The average molecular weight is 332 g/mol. The van der Waals surface area contributed by atoms with Gasteiger partial charge in [0.2, 0.25) is 11.0 Å².